The van der Waals surface area contributed by atoms with Crippen LogP contribution in [0.1, 0.15) is 120 Å². The lowest BCUT2D eigenvalue weighted by Gasteiger charge is -2.73. The molecule has 0 heterocycles. The van der Waals surface area contributed by atoms with Crippen LogP contribution >= 0.6 is 0 Å². The maximum atomic E-state index is 14.5. The number of hydrogen-bond donors (Lipinski definition) is 0. The van der Waals surface area contributed by atoms with E-state index in [9.17, 15) is 14.4 Å². The first kappa shape index (κ1) is 28.1. The second kappa shape index (κ2) is 8.56. The average molecular weight is 529 g/mol. The summed E-state index contributed by atoms with van der Waals surface area (Å²) in [7, 11) is 1.50. The van der Waals surface area contributed by atoms with Gasteiger partial charge in [0.15, 0.2) is 0 Å². The number of fused-ring (bicyclic) bond motifs is 7. The predicted octanol–water partition coefficient (Wildman–Crippen LogP) is 7.15. The number of Topliss-reactive ketones (excluding diaryl/α,β-unsaturated/α-hetero) is 1. The number of carbonyl (C=O) groups is 3. The molecule has 0 aromatic heterocycles. The lowest BCUT2D eigenvalue weighted by Crippen LogP contribution is -2.69. The van der Waals surface area contributed by atoms with Gasteiger partial charge in [-0.3, -0.25) is 14.4 Å². The molecule has 10 atom stereocenters. The largest absolute Gasteiger partial charge is 0.469 e. The van der Waals surface area contributed by atoms with Crippen molar-refractivity contribution in [3.8, 4) is 0 Å². The SMILES string of the molecule is COC(=O)C1(C)CC[C@]2(C)CC[C@]3(C)[C@H](C(=O)C[C@@H]4[C@@]5(C)CC[C@H](OC(C)=O)C(C)(C)C5CC[C@]43C)[C@@H]2C1. The topological polar surface area (TPSA) is 69.7 Å². The molecule has 0 bridgehead atoms. The van der Waals surface area contributed by atoms with Gasteiger partial charge in [0.1, 0.15) is 11.9 Å². The van der Waals surface area contributed by atoms with Crippen molar-refractivity contribution in [2.24, 2.45) is 56.2 Å². The highest BCUT2D eigenvalue weighted by Gasteiger charge is 2.72. The fourth-order valence-electron chi connectivity index (χ4n) is 11.6. The van der Waals surface area contributed by atoms with Crippen LogP contribution in [0.5, 0.6) is 0 Å². The molecule has 5 rings (SSSR count). The zero-order valence-corrected chi connectivity index (χ0v) is 25.5. The van der Waals surface area contributed by atoms with Crippen molar-refractivity contribution < 1.29 is 23.9 Å². The number of ketones is 1. The summed E-state index contributed by atoms with van der Waals surface area (Å²) in [6.45, 7) is 18.0. The quantitative estimate of drug-likeness (QED) is 0.356. The molecule has 38 heavy (non-hydrogen) atoms. The van der Waals surface area contributed by atoms with Gasteiger partial charge in [-0.15, -0.1) is 0 Å². The van der Waals surface area contributed by atoms with E-state index in [-0.39, 0.29) is 57.0 Å². The van der Waals surface area contributed by atoms with Gasteiger partial charge in [0.25, 0.3) is 0 Å². The number of hydrogen-bond acceptors (Lipinski definition) is 5. The Morgan fingerprint density at radius 2 is 1.47 bits per heavy atom. The first-order valence-electron chi connectivity index (χ1n) is 15.3. The Balaban J connectivity index is 1.52. The number of rotatable bonds is 2. The zero-order chi connectivity index (χ0) is 28.1. The van der Waals surface area contributed by atoms with Crippen LogP contribution in [0, 0.1) is 56.2 Å². The first-order valence-corrected chi connectivity index (χ1v) is 15.3. The summed E-state index contributed by atoms with van der Waals surface area (Å²) in [5.41, 5.74) is -0.458. The lowest BCUT2D eigenvalue weighted by atomic mass is 9.31. The molecule has 5 saturated carbocycles. The van der Waals surface area contributed by atoms with Crippen LogP contribution in [-0.2, 0) is 23.9 Å². The van der Waals surface area contributed by atoms with E-state index >= 15 is 0 Å². The van der Waals surface area contributed by atoms with E-state index in [0.717, 1.165) is 57.8 Å². The third kappa shape index (κ3) is 3.57. The minimum absolute atomic E-state index is 0.0114. The number of carbonyl (C=O) groups excluding carboxylic acids is 3. The zero-order valence-electron chi connectivity index (χ0n) is 25.5. The van der Waals surface area contributed by atoms with Crippen LogP contribution in [0.15, 0.2) is 0 Å². The molecule has 0 N–H and O–H groups in total. The Morgan fingerprint density at radius 3 is 2.11 bits per heavy atom. The van der Waals surface area contributed by atoms with Gasteiger partial charge in [0.2, 0.25) is 0 Å². The minimum Gasteiger partial charge on any atom is -0.469 e. The van der Waals surface area contributed by atoms with Gasteiger partial charge >= 0.3 is 11.9 Å². The molecule has 0 radical (unpaired) electrons. The van der Waals surface area contributed by atoms with E-state index in [2.05, 4.69) is 48.5 Å². The van der Waals surface area contributed by atoms with Crippen molar-refractivity contribution in [3.05, 3.63) is 0 Å². The van der Waals surface area contributed by atoms with Crippen LogP contribution in [0.2, 0.25) is 0 Å². The standard InChI is InChI=1S/C33H52O5/c1-20(34)38-25-11-12-31(6)23(28(25,2)3)10-13-32(7)24(31)18-22(35)26-21-19-30(5,27(36)37-9)15-14-29(21,4)16-17-33(26,32)8/h21,23-26H,10-19H2,1-9H3/t21-,23?,24+,25-,26-,29+,30?,31-,32+,33+/m0/s1. The maximum Gasteiger partial charge on any atom is 0.311 e. The lowest BCUT2D eigenvalue weighted by molar-refractivity contribution is -0.246. The van der Waals surface area contributed by atoms with Crippen LogP contribution in [0.3, 0.4) is 0 Å². The van der Waals surface area contributed by atoms with Crippen LogP contribution < -0.4 is 0 Å². The van der Waals surface area contributed by atoms with Crippen LogP contribution in [0.4, 0.5) is 0 Å². The summed E-state index contributed by atoms with van der Waals surface area (Å²) in [4.78, 5) is 39.3. The van der Waals surface area contributed by atoms with E-state index in [1.54, 1.807) is 0 Å². The van der Waals surface area contributed by atoms with Crippen LogP contribution in [0.25, 0.3) is 0 Å². The Bertz CT molecular complexity index is 1030. The molecule has 0 aromatic carbocycles. The third-order valence-electron chi connectivity index (χ3n) is 14.1. The van der Waals surface area contributed by atoms with E-state index < -0.39 is 5.41 Å². The summed E-state index contributed by atoms with van der Waals surface area (Å²) in [5, 5.41) is 0. The van der Waals surface area contributed by atoms with Gasteiger partial charge in [0, 0.05) is 24.7 Å². The summed E-state index contributed by atoms with van der Waals surface area (Å²) < 4.78 is 11.1. The smallest absolute Gasteiger partial charge is 0.311 e. The highest BCUT2D eigenvalue weighted by molar-refractivity contribution is 5.85. The van der Waals surface area contributed by atoms with E-state index in [4.69, 9.17) is 9.47 Å². The predicted molar refractivity (Wildman–Crippen MR) is 147 cm³/mol. The minimum atomic E-state index is -0.502. The van der Waals surface area contributed by atoms with Gasteiger partial charge in [-0.25, -0.2) is 0 Å². The van der Waals surface area contributed by atoms with Gasteiger partial charge < -0.3 is 9.47 Å². The Kier molecular flexibility index (Phi) is 6.34. The molecule has 5 aliphatic rings. The highest BCUT2D eigenvalue weighted by Crippen LogP contribution is 2.76. The third-order valence-corrected chi connectivity index (χ3v) is 14.1. The fraction of sp³-hybridized carbons (Fsp3) is 0.909. The molecule has 5 nitrogen and oxygen atoms in total. The Labute approximate surface area is 230 Å². The van der Waals surface area contributed by atoms with Gasteiger partial charge in [-0.1, -0.05) is 41.5 Å². The molecule has 2 unspecified atom stereocenters. The normalized spacial score (nSPS) is 51.5. The summed E-state index contributed by atoms with van der Waals surface area (Å²) in [6, 6.07) is 0. The second-order valence-electron chi connectivity index (χ2n) is 16.1. The van der Waals surface area contributed by atoms with Gasteiger partial charge in [-0.05, 0) is 104 Å². The molecule has 0 saturated heterocycles. The maximum absolute atomic E-state index is 14.5. The number of esters is 2. The molecule has 5 fully saturated rings. The van der Waals surface area contributed by atoms with Crippen molar-refractivity contribution in [3.63, 3.8) is 0 Å². The van der Waals surface area contributed by atoms with E-state index in [0.29, 0.717) is 24.0 Å². The first-order chi connectivity index (χ1) is 17.5. The molecule has 0 amide bonds. The summed E-state index contributed by atoms with van der Waals surface area (Å²) >= 11 is 0. The van der Waals surface area contributed by atoms with Crippen molar-refractivity contribution in [1.82, 2.24) is 0 Å². The summed E-state index contributed by atoms with van der Waals surface area (Å²) in [6.07, 6.45) is 9.55. The Morgan fingerprint density at radius 1 is 0.816 bits per heavy atom. The monoisotopic (exact) mass is 528 g/mol. The molecule has 5 heteroatoms. The van der Waals surface area contributed by atoms with Crippen molar-refractivity contribution in [2.45, 2.75) is 126 Å². The molecule has 0 spiro atoms. The van der Waals surface area contributed by atoms with E-state index in [1.165, 1.54) is 14.0 Å². The molecule has 0 aromatic rings. The fourth-order valence-corrected chi connectivity index (χ4v) is 11.6. The second-order valence-corrected chi connectivity index (χ2v) is 16.1. The highest BCUT2D eigenvalue weighted by atomic mass is 16.5. The molecule has 0 aliphatic heterocycles. The van der Waals surface area contributed by atoms with Crippen molar-refractivity contribution in [2.75, 3.05) is 7.11 Å². The van der Waals surface area contributed by atoms with Gasteiger partial charge in [-0.2, -0.15) is 0 Å². The molecule has 214 valence electrons. The molecular weight excluding hydrogens is 476 g/mol. The Hall–Kier alpha value is -1.39. The number of methoxy groups -OCH3 is 1. The van der Waals surface area contributed by atoms with E-state index in [1.807, 2.05) is 0 Å². The molecular formula is C33H52O5. The average Bonchev–Trinajstić information content (AvgIpc) is 2.83. The van der Waals surface area contributed by atoms with Crippen molar-refractivity contribution in [1.29, 1.82) is 0 Å². The molecule has 5 aliphatic carbocycles. The van der Waals surface area contributed by atoms with Crippen molar-refractivity contribution >= 4 is 17.7 Å². The number of ether oxygens (including phenoxy) is 2. The van der Waals surface area contributed by atoms with Crippen LogP contribution in [-0.4, -0.2) is 30.9 Å². The van der Waals surface area contributed by atoms with Gasteiger partial charge in [0.05, 0.1) is 12.5 Å². The summed E-state index contributed by atoms with van der Waals surface area (Å²) in [5.74, 6) is 1.14.